The number of rotatable bonds is 18. The number of azo groups is 2. The molecule has 0 aliphatic carbocycles. The van der Waals surface area contributed by atoms with Gasteiger partial charge in [-0.3, -0.25) is 18.2 Å². The van der Waals surface area contributed by atoms with E-state index in [2.05, 4.69) is 34.1 Å². The lowest BCUT2D eigenvalue weighted by atomic mass is 10.1. The van der Waals surface area contributed by atoms with Crippen molar-refractivity contribution in [3.05, 3.63) is 54.1 Å². The number of benzene rings is 4. The number of sulfone groups is 2. The van der Waals surface area contributed by atoms with Crippen LogP contribution in [-0.4, -0.2) is 113 Å². The molecule has 0 heterocycles. The first kappa shape index (κ1) is 47.9. The Kier molecular flexibility index (Phi) is 14.1. The maximum Gasteiger partial charge on any atom is 0.397 e. The lowest BCUT2D eigenvalue weighted by molar-refractivity contribution is 0.282. The summed E-state index contributed by atoms with van der Waals surface area (Å²) in [6.45, 7) is -0.686. The molecule has 4 aromatic rings. The molecule has 60 heavy (non-hydrogen) atoms. The van der Waals surface area contributed by atoms with E-state index in [-0.39, 0.29) is 44.0 Å². The van der Waals surface area contributed by atoms with Crippen molar-refractivity contribution < 1.29 is 86.9 Å². The zero-order valence-electron chi connectivity index (χ0n) is 30.5. The van der Waals surface area contributed by atoms with Gasteiger partial charge in [-0.2, -0.15) is 33.7 Å². The van der Waals surface area contributed by atoms with Crippen LogP contribution in [-0.2, 0) is 69.1 Å². The molecule has 6 N–H and O–H groups in total. The number of anilines is 1. The Balaban J connectivity index is 1.85. The number of phenolic OH excluding ortho intramolecular Hbond substituents is 1. The number of aryl methyl sites for hydroxylation is 1. The molecule has 0 aliphatic rings. The second-order valence-corrected chi connectivity index (χ2v) is 20.9. The number of phenols is 1. The summed E-state index contributed by atoms with van der Waals surface area (Å²) in [5.74, 6) is -3.15. The predicted octanol–water partition coefficient (Wildman–Crippen LogP) is 3.41. The van der Waals surface area contributed by atoms with Crippen molar-refractivity contribution in [1.82, 2.24) is 0 Å². The zero-order chi connectivity index (χ0) is 45.2. The number of hydrogen-bond acceptors (Lipinski definition) is 21. The van der Waals surface area contributed by atoms with Crippen LogP contribution in [0.3, 0.4) is 0 Å². The molecule has 328 valence electrons. The van der Waals surface area contributed by atoms with E-state index in [4.69, 9.17) is 13.8 Å². The highest BCUT2D eigenvalue weighted by Crippen LogP contribution is 2.47. The van der Waals surface area contributed by atoms with Crippen molar-refractivity contribution in [3.8, 4) is 11.5 Å². The second kappa shape index (κ2) is 17.7. The fourth-order valence-corrected chi connectivity index (χ4v) is 9.79. The number of methoxy groups -OCH3 is 1. The van der Waals surface area contributed by atoms with Crippen LogP contribution in [0.5, 0.6) is 11.5 Å². The fraction of sp³-hybridized carbons (Fsp3) is 0.241. The highest BCUT2D eigenvalue weighted by atomic mass is 32.3. The van der Waals surface area contributed by atoms with Crippen molar-refractivity contribution in [2.45, 2.75) is 26.5 Å². The van der Waals surface area contributed by atoms with Crippen LogP contribution in [0.15, 0.2) is 88.6 Å². The van der Waals surface area contributed by atoms with Crippen LogP contribution in [0.1, 0.15) is 5.56 Å². The van der Waals surface area contributed by atoms with E-state index in [9.17, 15) is 64.7 Å². The third kappa shape index (κ3) is 11.7. The van der Waals surface area contributed by atoms with Crippen molar-refractivity contribution in [1.29, 1.82) is 0 Å². The Hall–Kier alpha value is -4.80. The van der Waals surface area contributed by atoms with Crippen LogP contribution in [0.25, 0.3) is 10.8 Å². The molecule has 31 heteroatoms. The van der Waals surface area contributed by atoms with E-state index in [1.165, 1.54) is 26.1 Å². The first-order valence-corrected chi connectivity index (χ1v) is 24.7. The van der Waals surface area contributed by atoms with Crippen LogP contribution in [0, 0.1) is 6.92 Å². The standard InChI is InChI=1S/C29H31N5O20S6/c1-16-12-22(23(52-3)15-24(16)56(38,39)11-9-54-60(49,50)51)32-34-28-26(58(43,44)45)14-19-18(29(28)35)5-7-21(30-2)27(19)33-31-20-6-4-17(13-25(20)57(40,41)42)55(36,37)10-8-53-59(46,47)48/h4-7,12-15,30,35H,8-11H2,1-3H3,(H,40,41,42)(H,43,44,45)(H,46,47,48)(H,49,50,51)/b33-31+,34-32+. The van der Waals surface area contributed by atoms with Gasteiger partial charge in [0, 0.05) is 23.9 Å². The molecule has 0 saturated carbocycles. The highest BCUT2D eigenvalue weighted by molar-refractivity contribution is 7.92. The summed E-state index contributed by atoms with van der Waals surface area (Å²) in [5.41, 5.74) is -2.03. The summed E-state index contributed by atoms with van der Waals surface area (Å²) in [4.78, 5) is -3.31. The summed E-state index contributed by atoms with van der Waals surface area (Å²) < 4.78 is 195. The van der Waals surface area contributed by atoms with Gasteiger partial charge in [0.2, 0.25) is 0 Å². The van der Waals surface area contributed by atoms with Gasteiger partial charge in [0.15, 0.2) is 25.4 Å². The Morgan fingerprint density at radius 2 is 1.15 bits per heavy atom. The van der Waals surface area contributed by atoms with E-state index in [1.807, 2.05) is 0 Å². The number of aromatic hydroxyl groups is 1. The van der Waals surface area contributed by atoms with Crippen molar-refractivity contribution in [2.24, 2.45) is 20.5 Å². The molecule has 0 fully saturated rings. The van der Waals surface area contributed by atoms with Gasteiger partial charge in [0.25, 0.3) is 20.2 Å². The minimum atomic E-state index is -5.30. The Morgan fingerprint density at radius 3 is 1.68 bits per heavy atom. The van der Waals surface area contributed by atoms with Gasteiger partial charge in [-0.1, -0.05) is 0 Å². The molecule has 0 unspecified atom stereocenters. The maximum absolute atomic E-state index is 12.9. The van der Waals surface area contributed by atoms with Gasteiger partial charge in [0.1, 0.15) is 38.3 Å². The topological polar surface area (TPSA) is 395 Å². The van der Waals surface area contributed by atoms with E-state index in [0.717, 1.165) is 37.4 Å². The highest BCUT2D eigenvalue weighted by Gasteiger charge is 2.27. The van der Waals surface area contributed by atoms with E-state index in [1.54, 1.807) is 0 Å². The van der Waals surface area contributed by atoms with E-state index in [0.29, 0.717) is 6.07 Å². The Labute approximate surface area is 342 Å². The largest absolute Gasteiger partial charge is 0.505 e. The molecule has 0 radical (unpaired) electrons. The average Bonchev–Trinajstić information content (AvgIpc) is 3.11. The molecule has 0 spiro atoms. The first-order valence-electron chi connectivity index (χ1n) is 15.8. The maximum atomic E-state index is 12.9. The Bertz CT molecular complexity index is 3120. The summed E-state index contributed by atoms with van der Waals surface area (Å²) >= 11 is 0. The average molecular weight is 962 g/mol. The van der Waals surface area contributed by atoms with Crippen molar-refractivity contribution in [3.63, 3.8) is 0 Å². The molecule has 0 bridgehead atoms. The Morgan fingerprint density at radius 1 is 0.600 bits per heavy atom. The molecule has 0 atom stereocenters. The predicted molar refractivity (Wildman–Crippen MR) is 206 cm³/mol. The minimum Gasteiger partial charge on any atom is -0.505 e. The molecule has 0 amide bonds. The second-order valence-electron chi connectivity index (χ2n) is 11.8. The van der Waals surface area contributed by atoms with Gasteiger partial charge in [-0.25, -0.2) is 25.2 Å². The zero-order valence-corrected chi connectivity index (χ0v) is 35.4. The van der Waals surface area contributed by atoms with E-state index >= 15 is 0 Å². The van der Waals surface area contributed by atoms with Gasteiger partial charge < -0.3 is 15.2 Å². The number of fused-ring (bicyclic) bond motifs is 1. The minimum absolute atomic E-state index is 0.00244. The van der Waals surface area contributed by atoms with Crippen LogP contribution >= 0.6 is 0 Å². The third-order valence-electron chi connectivity index (χ3n) is 7.82. The van der Waals surface area contributed by atoms with Gasteiger partial charge >= 0.3 is 20.8 Å². The molecular formula is C29H31N5O20S6. The number of hydrogen-bond donors (Lipinski definition) is 6. The van der Waals surface area contributed by atoms with Crippen LogP contribution in [0.4, 0.5) is 28.4 Å². The lowest BCUT2D eigenvalue weighted by Crippen LogP contribution is -2.16. The SMILES string of the molecule is CNc1ccc2c(O)c(/N=N/c3cc(C)c(S(=O)(=O)CCOS(=O)(=O)O)cc3OC)c(S(=O)(=O)O)cc2c1/N=N/c1ccc(S(=O)(=O)CCOS(=O)(=O)O)cc1S(=O)(=O)O. The quantitative estimate of drug-likeness (QED) is 0.0614. The molecule has 4 rings (SSSR count). The molecule has 0 saturated heterocycles. The van der Waals surface area contributed by atoms with E-state index < -0.39 is 117 Å². The van der Waals surface area contributed by atoms with Crippen LogP contribution in [0.2, 0.25) is 0 Å². The van der Waals surface area contributed by atoms with Gasteiger partial charge in [-0.15, -0.1) is 20.5 Å². The summed E-state index contributed by atoms with van der Waals surface area (Å²) in [5, 5.41) is 29.0. The molecular weight excluding hydrogens is 931 g/mol. The lowest BCUT2D eigenvalue weighted by Gasteiger charge is -2.14. The monoisotopic (exact) mass is 961 g/mol. The van der Waals surface area contributed by atoms with Crippen molar-refractivity contribution >= 4 is 99.9 Å². The van der Waals surface area contributed by atoms with Gasteiger partial charge in [-0.05, 0) is 55.0 Å². The smallest absolute Gasteiger partial charge is 0.397 e. The van der Waals surface area contributed by atoms with Crippen molar-refractivity contribution in [2.75, 3.05) is 44.2 Å². The number of nitrogens with one attached hydrogen (secondary N) is 1. The number of ether oxygens (including phenoxy) is 1. The normalized spacial score (nSPS) is 13.4. The summed E-state index contributed by atoms with van der Waals surface area (Å²) in [7, 11) is -26.8. The molecule has 4 aromatic carbocycles. The summed E-state index contributed by atoms with van der Waals surface area (Å²) in [6.07, 6.45) is 0. The number of nitrogens with zero attached hydrogens (tertiary/aromatic N) is 4. The molecule has 25 nitrogen and oxygen atoms in total. The first-order chi connectivity index (χ1) is 27.5. The summed E-state index contributed by atoms with van der Waals surface area (Å²) in [6, 6.07) is 7.52. The van der Waals surface area contributed by atoms with Crippen LogP contribution < -0.4 is 10.1 Å². The fourth-order valence-electron chi connectivity index (χ4n) is 5.15. The van der Waals surface area contributed by atoms with Gasteiger partial charge in [0.05, 0.1) is 47.3 Å². The third-order valence-corrected chi connectivity index (χ3v) is 14.0. The molecule has 0 aliphatic heterocycles. The molecule has 0 aromatic heterocycles.